The van der Waals surface area contributed by atoms with Crippen molar-refractivity contribution >= 4 is 22.6 Å². The molecule has 2 N–H and O–H groups in total. The van der Waals surface area contributed by atoms with E-state index in [1.807, 2.05) is 49.6 Å². The van der Waals surface area contributed by atoms with Crippen LogP contribution in [0, 0.1) is 0 Å². The van der Waals surface area contributed by atoms with Gasteiger partial charge in [-0.2, -0.15) is 5.10 Å². The first-order valence-electron chi connectivity index (χ1n) is 10.0. The quantitative estimate of drug-likeness (QED) is 0.551. The van der Waals surface area contributed by atoms with Crippen molar-refractivity contribution < 1.29 is 9.53 Å². The van der Waals surface area contributed by atoms with Gasteiger partial charge in [0.1, 0.15) is 11.5 Å². The van der Waals surface area contributed by atoms with E-state index in [1.54, 1.807) is 29.0 Å². The van der Waals surface area contributed by atoms with Crippen LogP contribution < -0.4 is 5.73 Å². The number of nitrogens with two attached hydrogens (primary N) is 1. The number of carbonyl (C=O) groups is 1. The minimum Gasteiger partial charge on any atom is -0.383 e. The van der Waals surface area contributed by atoms with Crippen LogP contribution in [-0.4, -0.2) is 56.9 Å². The van der Waals surface area contributed by atoms with Gasteiger partial charge in [0.05, 0.1) is 17.3 Å². The Morgan fingerprint density at radius 1 is 1.10 bits per heavy atom. The molecule has 3 aromatic heterocycles. The molecule has 0 aliphatic carbocycles. The SMILES string of the molecule is COC1CN(C(=O)c2ccc3c(N)ncc(-c4ccc(-c5ccn(C)n5)cc4)c3n2)C1. The summed E-state index contributed by atoms with van der Waals surface area (Å²) in [6.07, 6.45) is 3.72. The van der Waals surface area contributed by atoms with E-state index in [0.29, 0.717) is 30.1 Å². The van der Waals surface area contributed by atoms with E-state index in [4.69, 9.17) is 10.5 Å². The van der Waals surface area contributed by atoms with Crippen LogP contribution in [0.5, 0.6) is 0 Å². The molecule has 31 heavy (non-hydrogen) atoms. The van der Waals surface area contributed by atoms with Crippen molar-refractivity contribution in [1.82, 2.24) is 24.6 Å². The molecule has 0 spiro atoms. The predicted molar refractivity (Wildman–Crippen MR) is 118 cm³/mol. The van der Waals surface area contributed by atoms with E-state index in [9.17, 15) is 4.79 Å². The molecular formula is C23H22N6O2. The Hall–Kier alpha value is -3.78. The molecule has 1 aromatic carbocycles. The van der Waals surface area contributed by atoms with Gasteiger partial charge in [0.15, 0.2) is 0 Å². The molecule has 8 heteroatoms. The Morgan fingerprint density at radius 3 is 2.52 bits per heavy atom. The summed E-state index contributed by atoms with van der Waals surface area (Å²) in [6.45, 7) is 1.16. The lowest BCUT2D eigenvalue weighted by atomic mass is 10.0. The number of aryl methyl sites for hydroxylation is 1. The fourth-order valence-electron chi connectivity index (χ4n) is 3.77. The van der Waals surface area contributed by atoms with Crippen molar-refractivity contribution in [1.29, 1.82) is 0 Å². The maximum absolute atomic E-state index is 12.8. The Morgan fingerprint density at radius 2 is 1.84 bits per heavy atom. The van der Waals surface area contributed by atoms with E-state index in [2.05, 4.69) is 15.1 Å². The first-order chi connectivity index (χ1) is 15.0. The third-order valence-corrected chi connectivity index (χ3v) is 5.65. The van der Waals surface area contributed by atoms with E-state index >= 15 is 0 Å². The number of methoxy groups -OCH3 is 1. The number of nitrogens with zero attached hydrogens (tertiary/aromatic N) is 5. The van der Waals surface area contributed by atoms with Gasteiger partial charge in [-0.15, -0.1) is 0 Å². The zero-order chi connectivity index (χ0) is 21.5. The van der Waals surface area contributed by atoms with Gasteiger partial charge >= 0.3 is 0 Å². The summed E-state index contributed by atoms with van der Waals surface area (Å²) in [6, 6.07) is 13.5. The molecule has 1 aliphatic rings. The second-order valence-corrected chi connectivity index (χ2v) is 7.67. The standard InChI is InChI=1S/C23H22N6O2/c1-28-10-9-19(27-28)15-5-3-14(4-6-15)18-11-25-22(24)17-7-8-20(26-21(17)18)23(30)29-12-16(13-29)31-2/h3-11,16H,12-13H2,1-2H3,(H2,24,25). The molecule has 0 radical (unpaired) electrons. The summed E-state index contributed by atoms with van der Waals surface area (Å²) in [5.41, 5.74) is 10.8. The molecule has 0 unspecified atom stereocenters. The van der Waals surface area contributed by atoms with Crippen LogP contribution >= 0.6 is 0 Å². The Bertz CT molecular complexity index is 1280. The molecule has 1 aliphatic heterocycles. The molecule has 4 heterocycles. The molecule has 8 nitrogen and oxygen atoms in total. The lowest BCUT2D eigenvalue weighted by molar-refractivity contribution is -0.0194. The highest BCUT2D eigenvalue weighted by Gasteiger charge is 2.31. The molecule has 156 valence electrons. The van der Waals surface area contributed by atoms with Crippen molar-refractivity contribution in [2.24, 2.45) is 7.05 Å². The number of rotatable bonds is 4. The number of likely N-dealkylation sites (tertiary alicyclic amines) is 1. The Kier molecular flexibility index (Phi) is 4.63. The minimum atomic E-state index is -0.109. The van der Waals surface area contributed by atoms with Crippen molar-refractivity contribution in [3.8, 4) is 22.4 Å². The fraction of sp³-hybridized carbons (Fsp3) is 0.217. The van der Waals surface area contributed by atoms with Crippen molar-refractivity contribution in [3.05, 3.63) is 60.6 Å². The monoisotopic (exact) mass is 414 g/mol. The van der Waals surface area contributed by atoms with Crippen molar-refractivity contribution in [2.45, 2.75) is 6.10 Å². The zero-order valence-electron chi connectivity index (χ0n) is 17.3. The lowest BCUT2D eigenvalue weighted by Crippen LogP contribution is -2.54. The Labute approximate surface area is 179 Å². The molecular weight excluding hydrogens is 392 g/mol. The molecule has 0 saturated carbocycles. The van der Waals surface area contributed by atoms with Crippen LogP contribution in [0.25, 0.3) is 33.3 Å². The van der Waals surface area contributed by atoms with Gasteiger partial charge in [-0.05, 0) is 23.8 Å². The highest BCUT2D eigenvalue weighted by molar-refractivity contribution is 6.02. The summed E-state index contributed by atoms with van der Waals surface area (Å²) in [7, 11) is 3.55. The first-order valence-corrected chi connectivity index (χ1v) is 10.0. The average molecular weight is 414 g/mol. The molecule has 1 amide bonds. The summed E-state index contributed by atoms with van der Waals surface area (Å²) >= 11 is 0. The lowest BCUT2D eigenvalue weighted by Gasteiger charge is -2.37. The topological polar surface area (TPSA) is 99.2 Å². The van der Waals surface area contributed by atoms with Gasteiger partial charge < -0.3 is 15.4 Å². The van der Waals surface area contributed by atoms with Crippen molar-refractivity contribution in [2.75, 3.05) is 25.9 Å². The number of aromatic nitrogens is 4. The zero-order valence-corrected chi connectivity index (χ0v) is 17.3. The van der Waals surface area contributed by atoms with E-state index in [0.717, 1.165) is 27.8 Å². The third kappa shape index (κ3) is 3.40. The summed E-state index contributed by atoms with van der Waals surface area (Å²) in [5.74, 6) is 0.279. The largest absolute Gasteiger partial charge is 0.383 e. The van der Waals surface area contributed by atoms with Gasteiger partial charge in [-0.3, -0.25) is 9.48 Å². The number of anilines is 1. The van der Waals surface area contributed by atoms with Gasteiger partial charge in [0.2, 0.25) is 0 Å². The molecule has 0 atom stereocenters. The van der Waals surface area contributed by atoms with Crippen molar-refractivity contribution in [3.63, 3.8) is 0 Å². The minimum absolute atomic E-state index is 0.0948. The van der Waals surface area contributed by atoms with E-state index in [1.165, 1.54) is 0 Å². The Balaban J connectivity index is 1.52. The van der Waals surface area contributed by atoms with Crippen LogP contribution in [0.3, 0.4) is 0 Å². The molecule has 1 fully saturated rings. The van der Waals surface area contributed by atoms with Crippen LogP contribution in [0.15, 0.2) is 54.9 Å². The molecule has 0 bridgehead atoms. The number of hydrogen-bond donors (Lipinski definition) is 1. The second kappa shape index (κ2) is 7.48. The molecule has 1 saturated heterocycles. The summed E-state index contributed by atoms with van der Waals surface area (Å²) in [4.78, 5) is 23.6. The third-order valence-electron chi connectivity index (χ3n) is 5.65. The molecule has 5 rings (SSSR count). The number of hydrogen-bond acceptors (Lipinski definition) is 6. The number of nitrogen functional groups attached to an aromatic ring is 1. The maximum Gasteiger partial charge on any atom is 0.272 e. The highest BCUT2D eigenvalue weighted by Crippen LogP contribution is 2.31. The first kappa shape index (κ1) is 19.2. The summed E-state index contributed by atoms with van der Waals surface area (Å²) in [5, 5.41) is 5.17. The van der Waals surface area contributed by atoms with Gasteiger partial charge in [-0.25, -0.2) is 9.97 Å². The maximum atomic E-state index is 12.8. The van der Waals surface area contributed by atoms with Gasteiger partial charge in [0, 0.05) is 56.2 Å². The molecule has 4 aromatic rings. The number of amides is 1. The van der Waals surface area contributed by atoms with Crippen LogP contribution in [-0.2, 0) is 11.8 Å². The van der Waals surface area contributed by atoms with Crippen LogP contribution in [0.1, 0.15) is 10.5 Å². The summed E-state index contributed by atoms with van der Waals surface area (Å²) < 4.78 is 7.04. The normalized spacial score (nSPS) is 14.1. The number of benzene rings is 1. The smallest absolute Gasteiger partial charge is 0.272 e. The van der Waals surface area contributed by atoms with E-state index in [-0.39, 0.29) is 12.0 Å². The van der Waals surface area contributed by atoms with Gasteiger partial charge in [-0.1, -0.05) is 24.3 Å². The highest BCUT2D eigenvalue weighted by atomic mass is 16.5. The van der Waals surface area contributed by atoms with Gasteiger partial charge in [0.25, 0.3) is 5.91 Å². The second-order valence-electron chi connectivity index (χ2n) is 7.67. The van der Waals surface area contributed by atoms with E-state index < -0.39 is 0 Å². The predicted octanol–water partition coefficient (Wildman–Crippen LogP) is 2.75. The number of carbonyl (C=O) groups excluding carboxylic acids is 1. The number of ether oxygens (including phenoxy) is 1. The fourth-order valence-corrected chi connectivity index (χ4v) is 3.77. The van der Waals surface area contributed by atoms with Crippen LogP contribution in [0.4, 0.5) is 5.82 Å². The average Bonchev–Trinajstić information content (AvgIpc) is 3.19. The van der Waals surface area contributed by atoms with Crippen LogP contribution in [0.2, 0.25) is 0 Å². The number of fused-ring (bicyclic) bond motifs is 1. The number of pyridine rings is 2.